The van der Waals surface area contributed by atoms with Crippen molar-refractivity contribution < 1.29 is 9.90 Å². The molecule has 1 aliphatic rings. The summed E-state index contributed by atoms with van der Waals surface area (Å²) in [6.07, 6.45) is 7.06. The second kappa shape index (κ2) is 5.00. The summed E-state index contributed by atoms with van der Waals surface area (Å²) in [5.41, 5.74) is 2.81. The van der Waals surface area contributed by atoms with Crippen molar-refractivity contribution in [3.05, 3.63) is 36.2 Å². The number of carboxylic acids is 1. The molecule has 3 rings (SSSR count). The molecule has 2 N–H and O–H groups in total. The topological polar surface area (TPSA) is 67.2 Å². The van der Waals surface area contributed by atoms with Crippen LogP contribution in [0.25, 0.3) is 11.1 Å². The Labute approximate surface area is 117 Å². The van der Waals surface area contributed by atoms with Crippen LogP contribution in [0.15, 0.2) is 30.6 Å². The Kier molecular flexibility index (Phi) is 3.18. The summed E-state index contributed by atoms with van der Waals surface area (Å²) in [5.74, 6) is -0.905. The highest BCUT2D eigenvalue weighted by Gasteiger charge is 2.20. The Hall–Kier alpha value is -2.30. The van der Waals surface area contributed by atoms with Crippen molar-refractivity contribution in [2.45, 2.75) is 25.3 Å². The van der Waals surface area contributed by atoms with Crippen LogP contribution in [0.5, 0.6) is 0 Å². The van der Waals surface area contributed by atoms with E-state index in [9.17, 15) is 9.90 Å². The lowest BCUT2D eigenvalue weighted by Gasteiger charge is -2.28. The van der Waals surface area contributed by atoms with Crippen LogP contribution in [0.1, 0.15) is 29.6 Å². The molecule has 1 saturated carbocycles. The van der Waals surface area contributed by atoms with Gasteiger partial charge in [0.05, 0.1) is 11.8 Å². The van der Waals surface area contributed by atoms with E-state index in [2.05, 4.69) is 10.4 Å². The minimum absolute atomic E-state index is 0.318. The highest BCUT2D eigenvalue weighted by atomic mass is 16.4. The fourth-order valence-electron chi connectivity index (χ4n) is 2.37. The maximum atomic E-state index is 11.4. The van der Waals surface area contributed by atoms with E-state index in [1.165, 1.54) is 6.42 Å². The van der Waals surface area contributed by atoms with Gasteiger partial charge in [0.1, 0.15) is 0 Å². The number of carbonyl (C=O) groups is 1. The largest absolute Gasteiger partial charge is 0.478 e. The van der Waals surface area contributed by atoms with Gasteiger partial charge in [-0.25, -0.2) is 4.79 Å². The summed E-state index contributed by atoms with van der Waals surface area (Å²) >= 11 is 0. The van der Waals surface area contributed by atoms with E-state index in [1.807, 2.05) is 25.4 Å². The number of aromatic carboxylic acids is 1. The van der Waals surface area contributed by atoms with E-state index >= 15 is 0 Å². The molecule has 1 heterocycles. The fourth-order valence-corrected chi connectivity index (χ4v) is 2.37. The fraction of sp³-hybridized carbons (Fsp3) is 0.333. The van der Waals surface area contributed by atoms with Crippen LogP contribution in [0.4, 0.5) is 5.69 Å². The van der Waals surface area contributed by atoms with Gasteiger partial charge in [0.2, 0.25) is 0 Å². The van der Waals surface area contributed by atoms with Crippen molar-refractivity contribution in [1.82, 2.24) is 9.78 Å². The molecule has 0 saturated heterocycles. The second-order valence-electron chi connectivity index (χ2n) is 5.24. The number of carboxylic acid groups (broad SMARTS) is 1. The van der Waals surface area contributed by atoms with Gasteiger partial charge < -0.3 is 10.4 Å². The monoisotopic (exact) mass is 271 g/mol. The SMILES string of the molecule is Cn1cc(-c2ccc(NC3CCC3)c(C(=O)O)c2)cn1. The number of hydrogen-bond acceptors (Lipinski definition) is 3. The molecular formula is C15H17N3O2. The lowest BCUT2D eigenvalue weighted by atomic mass is 9.92. The molecule has 1 aromatic heterocycles. The van der Waals surface area contributed by atoms with Crippen LogP contribution in [0.3, 0.4) is 0 Å². The molecule has 104 valence electrons. The number of rotatable bonds is 4. The molecule has 0 spiro atoms. The average molecular weight is 271 g/mol. The van der Waals surface area contributed by atoms with Crippen molar-refractivity contribution in [3.63, 3.8) is 0 Å². The first-order valence-corrected chi connectivity index (χ1v) is 6.76. The lowest BCUT2D eigenvalue weighted by molar-refractivity contribution is 0.0698. The zero-order valence-electron chi connectivity index (χ0n) is 11.3. The molecule has 0 unspecified atom stereocenters. The predicted molar refractivity (Wildman–Crippen MR) is 76.9 cm³/mol. The molecule has 0 bridgehead atoms. The molecular weight excluding hydrogens is 254 g/mol. The summed E-state index contributed by atoms with van der Waals surface area (Å²) in [5, 5.41) is 16.8. The van der Waals surface area contributed by atoms with Crippen molar-refractivity contribution in [2.24, 2.45) is 7.05 Å². The molecule has 20 heavy (non-hydrogen) atoms. The standard InChI is InChI=1S/C15H17N3O2/c1-18-9-11(8-16-18)10-5-6-14(13(7-10)15(19)20)17-12-3-2-4-12/h5-9,12,17H,2-4H2,1H3,(H,19,20). The van der Waals surface area contributed by atoms with E-state index in [-0.39, 0.29) is 0 Å². The van der Waals surface area contributed by atoms with Crippen molar-refractivity contribution in [2.75, 3.05) is 5.32 Å². The van der Waals surface area contributed by atoms with Crippen LogP contribution in [-0.4, -0.2) is 26.9 Å². The molecule has 1 fully saturated rings. The third kappa shape index (κ3) is 2.39. The van der Waals surface area contributed by atoms with Gasteiger partial charge in [-0.1, -0.05) is 6.07 Å². The maximum absolute atomic E-state index is 11.4. The number of benzene rings is 1. The van der Waals surface area contributed by atoms with Crippen molar-refractivity contribution >= 4 is 11.7 Å². The minimum Gasteiger partial charge on any atom is -0.478 e. The Morgan fingerprint density at radius 1 is 1.40 bits per heavy atom. The third-order valence-electron chi connectivity index (χ3n) is 3.75. The number of nitrogens with zero attached hydrogens (tertiary/aromatic N) is 2. The van der Waals surface area contributed by atoms with Crippen LogP contribution in [0.2, 0.25) is 0 Å². The molecule has 5 nitrogen and oxygen atoms in total. The number of aryl methyl sites for hydroxylation is 1. The van der Waals surface area contributed by atoms with E-state index in [0.717, 1.165) is 24.0 Å². The van der Waals surface area contributed by atoms with Gasteiger partial charge >= 0.3 is 5.97 Å². The average Bonchev–Trinajstić information content (AvgIpc) is 2.80. The summed E-state index contributed by atoms with van der Waals surface area (Å²) in [6.45, 7) is 0. The molecule has 5 heteroatoms. The Balaban J connectivity index is 1.94. The van der Waals surface area contributed by atoms with Crippen LogP contribution in [-0.2, 0) is 7.05 Å². The summed E-state index contributed by atoms with van der Waals surface area (Å²) in [4.78, 5) is 11.4. The van der Waals surface area contributed by atoms with Crippen molar-refractivity contribution in [3.8, 4) is 11.1 Å². The van der Waals surface area contributed by atoms with Gasteiger partial charge in [-0.2, -0.15) is 5.10 Å². The Bertz CT molecular complexity index is 644. The first kappa shape index (κ1) is 12.7. The lowest BCUT2D eigenvalue weighted by Crippen LogP contribution is -2.27. The van der Waals surface area contributed by atoms with Gasteiger partial charge in [-0.15, -0.1) is 0 Å². The number of nitrogens with one attached hydrogen (secondary N) is 1. The minimum atomic E-state index is -0.905. The van der Waals surface area contributed by atoms with E-state index < -0.39 is 5.97 Å². The smallest absolute Gasteiger partial charge is 0.337 e. The van der Waals surface area contributed by atoms with Crippen LogP contribution < -0.4 is 5.32 Å². The van der Waals surface area contributed by atoms with E-state index in [0.29, 0.717) is 17.3 Å². The quantitative estimate of drug-likeness (QED) is 0.897. The number of hydrogen-bond donors (Lipinski definition) is 2. The molecule has 2 aromatic rings. The molecule has 0 amide bonds. The van der Waals surface area contributed by atoms with Gasteiger partial charge in [-0.3, -0.25) is 4.68 Å². The Morgan fingerprint density at radius 2 is 2.20 bits per heavy atom. The van der Waals surface area contributed by atoms with Crippen molar-refractivity contribution in [1.29, 1.82) is 0 Å². The molecule has 0 radical (unpaired) electrons. The number of anilines is 1. The van der Waals surface area contributed by atoms with Gasteiger partial charge in [-0.05, 0) is 37.0 Å². The zero-order valence-corrected chi connectivity index (χ0v) is 11.3. The molecule has 1 aromatic carbocycles. The van der Waals surface area contributed by atoms with Gasteiger partial charge in [0, 0.05) is 30.5 Å². The Morgan fingerprint density at radius 3 is 2.75 bits per heavy atom. The molecule has 0 aliphatic heterocycles. The normalized spacial score (nSPS) is 14.8. The number of aromatic nitrogens is 2. The zero-order chi connectivity index (χ0) is 14.1. The first-order chi connectivity index (χ1) is 9.63. The summed E-state index contributed by atoms with van der Waals surface area (Å²) in [7, 11) is 1.84. The highest BCUT2D eigenvalue weighted by molar-refractivity contribution is 5.96. The van der Waals surface area contributed by atoms with Crippen LogP contribution >= 0.6 is 0 Å². The molecule has 0 atom stereocenters. The van der Waals surface area contributed by atoms with Gasteiger partial charge in [0.25, 0.3) is 0 Å². The van der Waals surface area contributed by atoms with E-state index in [4.69, 9.17) is 0 Å². The molecule has 1 aliphatic carbocycles. The summed E-state index contributed by atoms with van der Waals surface area (Å²) < 4.78 is 1.70. The highest BCUT2D eigenvalue weighted by Crippen LogP contribution is 2.29. The first-order valence-electron chi connectivity index (χ1n) is 6.76. The third-order valence-corrected chi connectivity index (χ3v) is 3.75. The van der Waals surface area contributed by atoms with E-state index in [1.54, 1.807) is 16.9 Å². The maximum Gasteiger partial charge on any atom is 0.337 e. The predicted octanol–water partition coefficient (Wildman–Crippen LogP) is 2.75. The van der Waals surface area contributed by atoms with Gasteiger partial charge in [0.15, 0.2) is 0 Å². The second-order valence-corrected chi connectivity index (χ2v) is 5.24. The summed E-state index contributed by atoms with van der Waals surface area (Å²) in [6, 6.07) is 5.91. The van der Waals surface area contributed by atoms with Crippen LogP contribution in [0, 0.1) is 0 Å².